The lowest BCUT2D eigenvalue weighted by Crippen LogP contribution is -2.33. The molecule has 0 aliphatic carbocycles. The van der Waals surface area contributed by atoms with Crippen LogP contribution in [0.4, 0.5) is 0 Å². The van der Waals surface area contributed by atoms with Crippen LogP contribution in [-0.2, 0) is 0 Å². The first-order valence-corrected chi connectivity index (χ1v) is 5.52. The molecule has 1 aromatic carbocycles. The number of hydrogen-bond acceptors (Lipinski definition) is 0. The van der Waals surface area contributed by atoms with Gasteiger partial charge in [-0.05, 0) is 37.5 Å². The predicted octanol–water partition coefficient (Wildman–Crippen LogP) is 3.04. The highest BCUT2D eigenvalue weighted by Gasteiger charge is 2.08. The van der Waals surface area contributed by atoms with Gasteiger partial charge in [-0.15, -0.1) is 0 Å². The van der Waals surface area contributed by atoms with E-state index >= 15 is 0 Å². The van der Waals surface area contributed by atoms with Gasteiger partial charge < -0.3 is 0 Å². The maximum Gasteiger partial charge on any atom is 0.145 e. The van der Waals surface area contributed by atoms with Crippen LogP contribution in [0.25, 0.3) is 0 Å². The van der Waals surface area contributed by atoms with Crippen molar-refractivity contribution < 1.29 is 4.48 Å². The van der Waals surface area contributed by atoms with Gasteiger partial charge in [0.2, 0.25) is 0 Å². The van der Waals surface area contributed by atoms with E-state index in [2.05, 4.69) is 46.0 Å². The van der Waals surface area contributed by atoms with E-state index in [1.54, 1.807) is 0 Å². The first-order valence-electron chi connectivity index (χ1n) is 5.52. The molecule has 0 radical (unpaired) electrons. The van der Waals surface area contributed by atoms with Crippen LogP contribution in [0.2, 0.25) is 0 Å². The summed E-state index contributed by atoms with van der Waals surface area (Å²) in [6, 6.07) is 10.1. The normalized spacial score (nSPS) is 10.2. The van der Waals surface area contributed by atoms with Gasteiger partial charge in [0.1, 0.15) is 6.54 Å². The van der Waals surface area contributed by atoms with Crippen LogP contribution < -0.4 is 0 Å². The van der Waals surface area contributed by atoms with Gasteiger partial charge in [0.15, 0.2) is 0 Å². The third kappa shape index (κ3) is 4.82. The molecule has 0 N–H and O–H groups in total. The van der Waals surface area contributed by atoms with Crippen molar-refractivity contribution in [3.63, 3.8) is 0 Å². The number of benzene rings is 1. The van der Waals surface area contributed by atoms with Crippen LogP contribution in [0.3, 0.4) is 0 Å². The van der Waals surface area contributed by atoms with Crippen LogP contribution >= 0.6 is 0 Å². The summed E-state index contributed by atoms with van der Waals surface area (Å²) in [5.74, 6) is 6.40. The molecule has 0 spiro atoms. The van der Waals surface area contributed by atoms with Gasteiger partial charge >= 0.3 is 0 Å². The number of hydrogen-bond donors (Lipinski definition) is 0. The lowest BCUT2D eigenvalue weighted by Gasteiger charge is -2.22. The second-order valence-electron chi connectivity index (χ2n) is 4.81. The molecule has 1 nitrogen and oxygen atoms in total. The molecular weight excluding hydrogens is 194 g/mol. The fourth-order valence-corrected chi connectivity index (χ4v) is 1.61. The highest BCUT2D eigenvalue weighted by molar-refractivity contribution is 5.33. The van der Waals surface area contributed by atoms with Crippen molar-refractivity contribution >= 4 is 0 Å². The predicted molar refractivity (Wildman–Crippen MR) is 69.7 cm³/mol. The summed E-state index contributed by atoms with van der Waals surface area (Å²) in [4.78, 5) is 0. The monoisotopic (exact) mass is 214 g/mol. The summed E-state index contributed by atoms with van der Waals surface area (Å²) < 4.78 is 0.808. The first kappa shape index (κ1) is 12.5. The minimum Gasteiger partial charge on any atom is -0.292 e. The van der Waals surface area contributed by atoms with E-state index in [-0.39, 0.29) is 0 Å². The molecule has 0 amide bonds. The van der Waals surface area contributed by atoms with Crippen LogP contribution in [-0.4, -0.2) is 25.1 Å². The van der Waals surface area contributed by atoms with Gasteiger partial charge in [-0.2, -0.15) is 0 Å². The fraction of sp³-hybridized carbons (Fsp3) is 0.333. The minimum absolute atomic E-state index is 0.808. The Morgan fingerprint density at radius 3 is 2.38 bits per heavy atom. The molecule has 0 heterocycles. The lowest BCUT2D eigenvalue weighted by molar-refractivity contribution is -0.831. The zero-order valence-corrected chi connectivity index (χ0v) is 10.6. The number of quaternary nitrogens is 1. The van der Waals surface area contributed by atoms with Gasteiger partial charge in [-0.25, -0.2) is 0 Å². The molecule has 1 aromatic rings. The van der Waals surface area contributed by atoms with E-state index in [4.69, 9.17) is 0 Å². The van der Waals surface area contributed by atoms with Crippen LogP contribution in [0.15, 0.2) is 42.1 Å². The molecule has 0 saturated carbocycles. The van der Waals surface area contributed by atoms with Crippen molar-refractivity contribution in [2.45, 2.75) is 13.8 Å². The van der Waals surface area contributed by atoms with Crippen LogP contribution in [0, 0.1) is 11.8 Å². The molecule has 1 rings (SSSR count). The Balaban J connectivity index is 2.65. The third-order valence-corrected chi connectivity index (χ3v) is 2.10. The standard InChI is InChI=1S/C15H20N/c1-14(2)13-16(3,4)12-8-11-15-9-6-5-7-10-15/h5-7,9-10,13H,12H2,1-4H3/q+1. The molecule has 16 heavy (non-hydrogen) atoms. The Morgan fingerprint density at radius 2 is 1.81 bits per heavy atom. The van der Waals surface area contributed by atoms with Gasteiger partial charge in [0, 0.05) is 5.56 Å². The second-order valence-corrected chi connectivity index (χ2v) is 4.81. The molecule has 1 heteroatoms. The summed E-state index contributed by atoms with van der Waals surface area (Å²) in [7, 11) is 4.32. The number of nitrogens with zero attached hydrogens (tertiary/aromatic N) is 1. The molecule has 0 fully saturated rings. The number of allylic oxidation sites excluding steroid dienone is 1. The van der Waals surface area contributed by atoms with Crippen molar-refractivity contribution in [1.82, 2.24) is 0 Å². The second kappa shape index (κ2) is 5.53. The molecule has 0 unspecified atom stereocenters. The molecule has 84 valence electrons. The smallest absolute Gasteiger partial charge is 0.145 e. The third-order valence-electron chi connectivity index (χ3n) is 2.10. The molecule has 0 aliphatic rings. The summed E-state index contributed by atoms with van der Waals surface area (Å²) >= 11 is 0. The Kier molecular flexibility index (Phi) is 4.34. The Morgan fingerprint density at radius 1 is 1.19 bits per heavy atom. The van der Waals surface area contributed by atoms with E-state index < -0.39 is 0 Å². The zero-order valence-electron chi connectivity index (χ0n) is 10.6. The van der Waals surface area contributed by atoms with Crippen molar-refractivity contribution in [3.05, 3.63) is 47.7 Å². The molecule has 0 aromatic heterocycles. The van der Waals surface area contributed by atoms with E-state index in [1.807, 2.05) is 30.3 Å². The van der Waals surface area contributed by atoms with Gasteiger partial charge in [0.25, 0.3) is 0 Å². The summed E-state index contributed by atoms with van der Waals surface area (Å²) in [6.07, 6.45) is 2.22. The van der Waals surface area contributed by atoms with E-state index in [0.717, 1.165) is 16.6 Å². The minimum atomic E-state index is 0.808. The first-order chi connectivity index (χ1) is 7.49. The molecule has 0 saturated heterocycles. The average Bonchev–Trinajstić information content (AvgIpc) is 2.16. The van der Waals surface area contributed by atoms with Gasteiger partial charge in [-0.1, -0.05) is 24.1 Å². The quantitative estimate of drug-likeness (QED) is 0.524. The van der Waals surface area contributed by atoms with Crippen molar-refractivity contribution in [2.24, 2.45) is 0 Å². The van der Waals surface area contributed by atoms with E-state index in [0.29, 0.717) is 0 Å². The summed E-state index contributed by atoms with van der Waals surface area (Å²) in [6.45, 7) is 5.06. The average molecular weight is 214 g/mol. The van der Waals surface area contributed by atoms with Gasteiger partial charge in [0.05, 0.1) is 20.3 Å². The fourth-order valence-electron chi connectivity index (χ4n) is 1.61. The van der Waals surface area contributed by atoms with Crippen LogP contribution in [0.1, 0.15) is 19.4 Å². The number of rotatable bonds is 2. The summed E-state index contributed by atoms with van der Waals surface area (Å²) in [5.41, 5.74) is 2.41. The van der Waals surface area contributed by atoms with Crippen molar-refractivity contribution in [3.8, 4) is 11.8 Å². The van der Waals surface area contributed by atoms with Crippen LogP contribution in [0.5, 0.6) is 0 Å². The highest BCUT2D eigenvalue weighted by Crippen LogP contribution is 2.02. The maximum absolute atomic E-state index is 3.22. The topological polar surface area (TPSA) is 0 Å². The lowest BCUT2D eigenvalue weighted by atomic mass is 10.2. The Hall–Kier alpha value is -1.52. The largest absolute Gasteiger partial charge is 0.292 e. The Labute approximate surface area is 99.0 Å². The van der Waals surface area contributed by atoms with Gasteiger partial charge in [-0.3, -0.25) is 4.48 Å². The molecule has 0 aliphatic heterocycles. The highest BCUT2D eigenvalue weighted by atomic mass is 15.3. The SMILES string of the molecule is CC(C)=C[N+](C)(C)CC#Cc1ccccc1. The molecule has 0 atom stereocenters. The molecule has 0 bridgehead atoms. The van der Waals surface area contributed by atoms with Crippen molar-refractivity contribution in [2.75, 3.05) is 20.6 Å². The zero-order chi connectivity index (χ0) is 12.0. The Bertz CT molecular complexity index is 412. The summed E-state index contributed by atoms with van der Waals surface area (Å²) in [5, 5.41) is 0. The van der Waals surface area contributed by atoms with E-state index in [9.17, 15) is 0 Å². The van der Waals surface area contributed by atoms with E-state index in [1.165, 1.54) is 5.57 Å². The van der Waals surface area contributed by atoms with Crippen molar-refractivity contribution in [1.29, 1.82) is 0 Å². The maximum atomic E-state index is 3.22. The molecular formula is C15H20N+.